The predicted octanol–water partition coefficient (Wildman–Crippen LogP) is 4.67. The van der Waals surface area contributed by atoms with Crippen LogP contribution in [-0.4, -0.2) is 36.7 Å². The molecule has 1 aliphatic rings. The van der Waals surface area contributed by atoms with E-state index in [4.69, 9.17) is 4.74 Å². The molecule has 0 saturated heterocycles. The molecule has 0 unspecified atom stereocenters. The molecule has 0 radical (unpaired) electrons. The molecule has 0 bridgehead atoms. The average molecular weight is 507 g/mol. The number of fused-ring (bicyclic) bond motifs is 1. The normalized spacial score (nSPS) is 24.1. The largest absolute Gasteiger partial charge is 0.466 e. The van der Waals surface area contributed by atoms with E-state index in [9.17, 15) is 28.6 Å². The van der Waals surface area contributed by atoms with Crippen LogP contribution in [0.1, 0.15) is 37.7 Å². The molecule has 0 amide bonds. The smallest absolute Gasteiger partial charge is 0.306 e. The number of rotatable bonds is 7. The molecule has 186 valence electrons. The van der Waals surface area contributed by atoms with Gasteiger partial charge in [-0.05, 0) is 41.8 Å². The van der Waals surface area contributed by atoms with Crippen LogP contribution >= 0.6 is 0 Å². The zero-order valence-corrected chi connectivity index (χ0v) is 20.6. The first-order valence-electron chi connectivity index (χ1n) is 11.8. The highest BCUT2D eigenvalue weighted by atomic mass is 32.2. The van der Waals surface area contributed by atoms with Crippen molar-refractivity contribution < 1.29 is 22.9 Å². The van der Waals surface area contributed by atoms with Crippen LogP contribution in [0.5, 0.6) is 0 Å². The minimum absolute atomic E-state index is 0.0192. The monoisotopic (exact) mass is 506 g/mol. The lowest BCUT2D eigenvalue weighted by atomic mass is 9.65. The standard InChI is InChI=1S/C27H26N2O6S/c1-2-35-25(30)17-20-15-16-24(29(31)32)26(23-14-8-10-19-9-6-7-13-22(19)23)27(20,18-28)36(33,34)21-11-4-3-5-12-21/h3-14,20,24,26H,2,15-17H2,1H3/t20-,24-,26+,27+/m0/s1. The maximum Gasteiger partial charge on any atom is 0.306 e. The molecular weight excluding hydrogens is 480 g/mol. The number of esters is 1. The number of carbonyl (C=O) groups is 1. The van der Waals surface area contributed by atoms with E-state index >= 15 is 0 Å². The highest BCUT2D eigenvalue weighted by Crippen LogP contribution is 2.54. The van der Waals surface area contributed by atoms with Crippen molar-refractivity contribution in [2.45, 2.75) is 47.8 Å². The first-order valence-corrected chi connectivity index (χ1v) is 13.2. The number of sulfone groups is 1. The fourth-order valence-electron chi connectivity index (χ4n) is 5.56. The van der Waals surface area contributed by atoms with E-state index in [0.29, 0.717) is 10.9 Å². The molecule has 1 saturated carbocycles. The quantitative estimate of drug-likeness (QED) is 0.259. The molecule has 0 N–H and O–H groups in total. The third-order valence-corrected chi connectivity index (χ3v) is 9.55. The lowest BCUT2D eigenvalue weighted by Gasteiger charge is -2.45. The molecule has 1 fully saturated rings. The number of carbonyl (C=O) groups excluding carboxylic acids is 1. The van der Waals surface area contributed by atoms with Gasteiger partial charge in [0.15, 0.2) is 14.6 Å². The first-order chi connectivity index (χ1) is 17.3. The maximum absolute atomic E-state index is 14.4. The Morgan fingerprint density at radius 3 is 2.42 bits per heavy atom. The molecule has 4 rings (SSSR count). The highest BCUT2D eigenvalue weighted by molar-refractivity contribution is 7.93. The van der Waals surface area contributed by atoms with Crippen molar-refractivity contribution in [3.05, 3.63) is 88.5 Å². The third kappa shape index (κ3) is 4.11. The molecule has 0 aliphatic heterocycles. The summed E-state index contributed by atoms with van der Waals surface area (Å²) in [4.78, 5) is 24.4. The van der Waals surface area contributed by atoms with Crippen LogP contribution < -0.4 is 0 Å². The van der Waals surface area contributed by atoms with E-state index in [-0.39, 0.29) is 30.8 Å². The van der Waals surface area contributed by atoms with Gasteiger partial charge in [0.25, 0.3) is 0 Å². The number of hydrogen-bond acceptors (Lipinski definition) is 7. The van der Waals surface area contributed by atoms with E-state index in [0.717, 1.165) is 5.39 Å². The Bertz CT molecular complexity index is 1430. The Labute approximate surface area is 209 Å². The number of nitrogens with zero attached hydrogens (tertiary/aromatic N) is 2. The van der Waals surface area contributed by atoms with Crippen LogP contribution in [0.2, 0.25) is 0 Å². The lowest BCUT2D eigenvalue weighted by molar-refractivity contribution is -0.531. The van der Waals surface area contributed by atoms with Crippen molar-refractivity contribution >= 4 is 26.6 Å². The van der Waals surface area contributed by atoms with Crippen LogP contribution in [0.4, 0.5) is 0 Å². The fraction of sp³-hybridized carbons (Fsp3) is 0.333. The van der Waals surface area contributed by atoms with Crippen LogP contribution in [0.15, 0.2) is 77.7 Å². The Kier molecular flexibility index (Phi) is 7.09. The van der Waals surface area contributed by atoms with Gasteiger partial charge in [-0.25, -0.2) is 8.42 Å². The van der Waals surface area contributed by atoms with Crippen molar-refractivity contribution in [3.63, 3.8) is 0 Å². The lowest BCUT2D eigenvalue weighted by Crippen LogP contribution is -2.58. The van der Waals surface area contributed by atoms with Gasteiger partial charge >= 0.3 is 5.97 Å². The Hall–Kier alpha value is -3.77. The highest BCUT2D eigenvalue weighted by Gasteiger charge is 2.65. The summed E-state index contributed by atoms with van der Waals surface area (Å²) in [6, 6.07) is 20.6. The van der Waals surface area contributed by atoms with Gasteiger partial charge in [-0.2, -0.15) is 5.26 Å². The molecule has 36 heavy (non-hydrogen) atoms. The van der Waals surface area contributed by atoms with Gasteiger partial charge in [-0.3, -0.25) is 14.9 Å². The molecule has 0 aromatic heterocycles. The topological polar surface area (TPSA) is 127 Å². The number of nitriles is 1. The van der Waals surface area contributed by atoms with Crippen LogP contribution in [0.3, 0.4) is 0 Å². The summed E-state index contributed by atoms with van der Waals surface area (Å²) in [5, 5.41) is 24.5. The minimum Gasteiger partial charge on any atom is -0.466 e. The van der Waals surface area contributed by atoms with Crippen molar-refractivity contribution in [3.8, 4) is 6.07 Å². The summed E-state index contributed by atoms with van der Waals surface area (Å²) in [6.45, 7) is 1.74. The van der Waals surface area contributed by atoms with E-state index < -0.39 is 43.4 Å². The molecule has 0 spiro atoms. The number of benzene rings is 3. The van der Waals surface area contributed by atoms with Crippen LogP contribution in [0, 0.1) is 27.4 Å². The van der Waals surface area contributed by atoms with Crippen LogP contribution in [0.25, 0.3) is 10.8 Å². The Balaban J connectivity index is 2.06. The van der Waals surface area contributed by atoms with Gasteiger partial charge in [0, 0.05) is 17.3 Å². The van der Waals surface area contributed by atoms with E-state index in [1.54, 1.807) is 49.4 Å². The first kappa shape index (κ1) is 25.3. The second-order valence-corrected chi connectivity index (χ2v) is 11.1. The molecule has 8 nitrogen and oxygen atoms in total. The maximum atomic E-state index is 14.4. The van der Waals surface area contributed by atoms with Crippen molar-refractivity contribution in [2.24, 2.45) is 5.92 Å². The molecule has 0 heterocycles. The van der Waals surface area contributed by atoms with Gasteiger partial charge in [0.05, 0.1) is 29.9 Å². The minimum atomic E-state index is -4.49. The van der Waals surface area contributed by atoms with Gasteiger partial charge < -0.3 is 4.74 Å². The Morgan fingerprint density at radius 2 is 1.75 bits per heavy atom. The fourth-order valence-corrected chi connectivity index (χ4v) is 7.84. The van der Waals surface area contributed by atoms with Crippen molar-refractivity contribution in [1.82, 2.24) is 0 Å². The van der Waals surface area contributed by atoms with Gasteiger partial charge in [0.2, 0.25) is 6.04 Å². The summed E-state index contributed by atoms with van der Waals surface area (Å²) in [6.07, 6.45) is -0.288. The van der Waals surface area contributed by atoms with E-state index in [1.165, 1.54) is 12.1 Å². The Morgan fingerprint density at radius 1 is 1.08 bits per heavy atom. The zero-order chi connectivity index (χ0) is 25.9. The predicted molar refractivity (Wildman–Crippen MR) is 133 cm³/mol. The SMILES string of the molecule is CCOC(=O)C[C@@H]1CC[C@H]([N+](=O)[O-])[C@@H](c2cccc3ccccc23)[C@]1(C#N)S(=O)(=O)c1ccccc1. The van der Waals surface area contributed by atoms with E-state index in [1.807, 2.05) is 18.2 Å². The number of nitro groups is 1. The van der Waals surface area contributed by atoms with Gasteiger partial charge in [0.1, 0.15) is 0 Å². The molecular formula is C27H26N2O6S. The molecule has 4 atom stereocenters. The van der Waals surface area contributed by atoms with Gasteiger partial charge in [-0.15, -0.1) is 0 Å². The van der Waals surface area contributed by atoms with Gasteiger partial charge in [-0.1, -0.05) is 60.7 Å². The summed E-state index contributed by atoms with van der Waals surface area (Å²) in [7, 11) is -4.49. The molecule has 3 aromatic rings. The molecule has 9 heteroatoms. The van der Waals surface area contributed by atoms with E-state index in [2.05, 4.69) is 6.07 Å². The summed E-state index contributed by atoms with van der Waals surface area (Å²) in [5.74, 6) is -2.96. The molecule has 3 aromatic carbocycles. The second kappa shape index (κ2) is 10.1. The van der Waals surface area contributed by atoms with Crippen molar-refractivity contribution in [2.75, 3.05) is 6.61 Å². The van der Waals surface area contributed by atoms with Crippen LogP contribution in [-0.2, 0) is 19.4 Å². The average Bonchev–Trinajstić information content (AvgIpc) is 2.88. The summed E-state index contributed by atoms with van der Waals surface area (Å²) in [5.41, 5.74) is 0.407. The zero-order valence-electron chi connectivity index (χ0n) is 19.7. The summed E-state index contributed by atoms with van der Waals surface area (Å²) >= 11 is 0. The second-order valence-electron chi connectivity index (χ2n) is 8.90. The molecule has 1 aliphatic carbocycles. The van der Waals surface area contributed by atoms with Crippen molar-refractivity contribution in [1.29, 1.82) is 5.26 Å². The number of ether oxygens (including phenoxy) is 1. The summed E-state index contributed by atoms with van der Waals surface area (Å²) < 4.78 is 31.6. The number of hydrogen-bond donors (Lipinski definition) is 0. The third-order valence-electron chi connectivity index (χ3n) is 7.08.